The number of benzene rings is 1. The van der Waals surface area contributed by atoms with Gasteiger partial charge in [0.25, 0.3) is 0 Å². The van der Waals surface area contributed by atoms with Crippen molar-refractivity contribution in [3.8, 4) is 5.75 Å². The van der Waals surface area contributed by atoms with Gasteiger partial charge in [0, 0.05) is 12.6 Å². The van der Waals surface area contributed by atoms with Crippen LogP contribution in [-0.2, 0) is 6.54 Å². The van der Waals surface area contributed by atoms with Crippen LogP contribution in [0, 0.1) is 5.92 Å². The molecule has 0 spiro atoms. The molecular formula is C18H32N2O. The van der Waals surface area contributed by atoms with Gasteiger partial charge in [-0.15, -0.1) is 0 Å². The van der Waals surface area contributed by atoms with Gasteiger partial charge in [-0.3, -0.25) is 0 Å². The zero-order chi connectivity index (χ0) is 15.8. The highest BCUT2D eigenvalue weighted by Gasteiger charge is 2.13. The number of hydrogen-bond acceptors (Lipinski definition) is 3. The summed E-state index contributed by atoms with van der Waals surface area (Å²) in [6, 6.07) is 6.93. The van der Waals surface area contributed by atoms with Crippen LogP contribution in [0.2, 0.25) is 0 Å². The molecule has 1 rings (SSSR count). The standard InChI is InChI=1S/C18H32N2O/c1-7-14(3)11-16(8-2)19-17-12-15(13-20(4)5)9-10-18(17)21-6/h9-10,12,14,16,19H,7-8,11,13H2,1-6H3. The van der Waals surface area contributed by atoms with Gasteiger partial charge < -0.3 is 15.0 Å². The van der Waals surface area contributed by atoms with E-state index in [1.54, 1.807) is 7.11 Å². The van der Waals surface area contributed by atoms with E-state index >= 15 is 0 Å². The molecule has 0 heterocycles. The molecule has 2 atom stereocenters. The first kappa shape index (κ1) is 17.8. The summed E-state index contributed by atoms with van der Waals surface area (Å²) in [5.74, 6) is 1.68. The molecule has 1 N–H and O–H groups in total. The van der Waals surface area contributed by atoms with Crippen LogP contribution in [-0.4, -0.2) is 32.1 Å². The van der Waals surface area contributed by atoms with Gasteiger partial charge >= 0.3 is 0 Å². The molecule has 0 aliphatic heterocycles. The van der Waals surface area contributed by atoms with E-state index in [0.717, 1.165) is 30.3 Å². The summed E-state index contributed by atoms with van der Waals surface area (Å²) in [7, 11) is 5.92. The smallest absolute Gasteiger partial charge is 0.141 e. The van der Waals surface area contributed by atoms with Crippen LogP contribution in [0.4, 0.5) is 5.69 Å². The van der Waals surface area contributed by atoms with Gasteiger partial charge in [0.05, 0.1) is 12.8 Å². The molecular weight excluding hydrogens is 260 g/mol. The number of ether oxygens (including phenoxy) is 1. The van der Waals surface area contributed by atoms with Crippen LogP contribution in [0.15, 0.2) is 18.2 Å². The maximum Gasteiger partial charge on any atom is 0.141 e. The van der Waals surface area contributed by atoms with Gasteiger partial charge in [0.1, 0.15) is 5.75 Å². The van der Waals surface area contributed by atoms with E-state index in [4.69, 9.17) is 4.74 Å². The van der Waals surface area contributed by atoms with Gasteiger partial charge in [0.2, 0.25) is 0 Å². The van der Waals surface area contributed by atoms with Gasteiger partial charge in [0.15, 0.2) is 0 Å². The van der Waals surface area contributed by atoms with Crippen LogP contribution in [0.25, 0.3) is 0 Å². The van der Waals surface area contributed by atoms with Crippen molar-refractivity contribution in [1.82, 2.24) is 4.90 Å². The lowest BCUT2D eigenvalue weighted by Gasteiger charge is -2.23. The van der Waals surface area contributed by atoms with E-state index in [0.29, 0.717) is 6.04 Å². The number of nitrogens with zero attached hydrogens (tertiary/aromatic N) is 1. The van der Waals surface area contributed by atoms with E-state index in [1.807, 2.05) is 0 Å². The second-order valence-electron chi connectivity index (χ2n) is 6.27. The highest BCUT2D eigenvalue weighted by molar-refractivity contribution is 5.58. The topological polar surface area (TPSA) is 24.5 Å². The molecule has 3 nitrogen and oxygen atoms in total. The van der Waals surface area contributed by atoms with E-state index in [1.165, 1.54) is 18.4 Å². The third-order valence-electron chi connectivity index (χ3n) is 4.00. The Morgan fingerprint density at radius 2 is 1.90 bits per heavy atom. The average Bonchev–Trinajstić information content (AvgIpc) is 2.46. The summed E-state index contributed by atoms with van der Waals surface area (Å²) >= 11 is 0. The van der Waals surface area contributed by atoms with Crippen molar-refractivity contribution >= 4 is 5.69 Å². The van der Waals surface area contributed by atoms with Crippen LogP contribution in [0.5, 0.6) is 5.75 Å². The molecule has 0 aromatic heterocycles. The van der Waals surface area contributed by atoms with E-state index in [9.17, 15) is 0 Å². The SMILES string of the molecule is CCC(C)CC(CC)Nc1cc(CN(C)C)ccc1OC. The Balaban J connectivity index is 2.86. The van der Waals surface area contributed by atoms with Gasteiger partial charge in [-0.2, -0.15) is 0 Å². The number of rotatable bonds is 9. The molecule has 0 fully saturated rings. The zero-order valence-electron chi connectivity index (χ0n) is 14.6. The van der Waals surface area contributed by atoms with E-state index in [2.05, 4.69) is 63.3 Å². The van der Waals surface area contributed by atoms with Crippen molar-refractivity contribution < 1.29 is 4.74 Å². The third kappa shape index (κ3) is 5.96. The van der Waals surface area contributed by atoms with Gasteiger partial charge in [-0.05, 0) is 50.6 Å². The predicted octanol–water partition coefficient (Wildman–Crippen LogP) is 4.38. The lowest BCUT2D eigenvalue weighted by atomic mass is 9.97. The van der Waals surface area contributed by atoms with Crippen molar-refractivity contribution in [2.75, 3.05) is 26.5 Å². The summed E-state index contributed by atoms with van der Waals surface area (Å²) in [6.07, 6.45) is 3.56. The van der Waals surface area contributed by atoms with Crippen LogP contribution < -0.4 is 10.1 Å². The minimum absolute atomic E-state index is 0.503. The molecule has 120 valence electrons. The van der Waals surface area contributed by atoms with Crippen molar-refractivity contribution in [2.24, 2.45) is 5.92 Å². The third-order valence-corrected chi connectivity index (χ3v) is 4.00. The first-order valence-electron chi connectivity index (χ1n) is 8.08. The van der Waals surface area contributed by atoms with Crippen molar-refractivity contribution in [1.29, 1.82) is 0 Å². The molecule has 0 aliphatic carbocycles. The lowest BCUT2D eigenvalue weighted by molar-refractivity contribution is 0.399. The Bertz CT molecular complexity index is 418. The Morgan fingerprint density at radius 3 is 2.43 bits per heavy atom. The van der Waals surface area contributed by atoms with Crippen LogP contribution in [0.3, 0.4) is 0 Å². The molecule has 0 aliphatic rings. The first-order chi connectivity index (χ1) is 9.99. The summed E-state index contributed by atoms with van der Waals surface area (Å²) in [5.41, 5.74) is 2.42. The largest absolute Gasteiger partial charge is 0.495 e. The average molecular weight is 292 g/mol. The van der Waals surface area contributed by atoms with Crippen LogP contribution in [0.1, 0.15) is 45.6 Å². The molecule has 1 aromatic rings. The Kier molecular flexibility index (Phi) is 7.58. The maximum absolute atomic E-state index is 5.51. The molecule has 0 bridgehead atoms. The number of methoxy groups -OCH3 is 1. The summed E-state index contributed by atoms with van der Waals surface area (Å²) < 4.78 is 5.51. The fourth-order valence-electron chi connectivity index (χ4n) is 2.53. The summed E-state index contributed by atoms with van der Waals surface area (Å²) in [4.78, 5) is 2.18. The zero-order valence-corrected chi connectivity index (χ0v) is 14.6. The fraction of sp³-hybridized carbons (Fsp3) is 0.667. The minimum Gasteiger partial charge on any atom is -0.495 e. The molecule has 0 radical (unpaired) electrons. The van der Waals surface area contributed by atoms with E-state index in [-0.39, 0.29) is 0 Å². The van der Waals surface area contributed by atoms with E-state index < -0.39 is 0 Å². The highest BCUT2D eigenvalue weighted by Crippen LogP contribution is 2.28. The van der Waals surface area contributed by atoms with Crippen molar-refractivity contribution in [3.05, 3.63) is 23.8 Å². The predicted molar refractivity (Wildman–Crippen MR) is 92.2 cm³/mol. The Morgan fingerprint density at radius 1 is 1.19 bits per heavy atom. The molecule has 0 amide bonds. The van der Waals surface area contributed by atoms with Crippen molar-refractivity contribution in [3.63, 3.8) is 0 Å². The molecule has 3 heteroatoms. The fourth-order valence-corrected chi connectivity index (χ4v) is 2.53. The quantitative estimate of drug-likeness (QED) is 0.731. The normalized spacial score (nSPS) is 14.0. The Labute approximate surface area is 130 Å². The second kappa shape index (κ2) is 8.93. The minimum atomic E-state index is 0.503. The molecule has 0 saturated carbocycles. The first-order valence-corrected chi connectivity index (χ1v) is 8.08. The van der Waals surface area contributed by atoms with Gasteiger partial charge in [-0.25, -0.2) is 0 Å². The van der Waals surface area contributed by atoms with Crippen molar-refractivity contribution in [2.45, 2.75) is 52.6 Å². The number of hydrogen-bond donors (Lipinski definition) is 1. The summed E-state index contributed by atoms with van der Waals surface area (Å²) in [6.45, 7) is 7.77. The van der Waals surface area contributed by atoms with Gasteiger partial charge in [-0.1, -0.05) is 33.3 Å². The van der Waals surface area contributed by atoms with Crippen LogP contribution >= 0.6 is 0 Å². The summed E-state index contributed by atoms with van der Waals surface area (Å²) in [5, 5.41) is 3.68. The molecule has 0 saturated heterocycles. The number of anilines is 1. The molecule has 21 heavy (non-hydrogen) atoms. The Hall–Kier alpha value is -1.22. The monoisotopic (exact) mass is 292 g/mol. The lowest BCUT2D eigenvalue weighted by Crippen LogP contribution is -2.22. The highest BCUT2D eigenvalue weighted by atomic mass is 16.5. The second-order valence-corrected chi connectivity index (χ2v) is 6.27. The number of nitrogens with one attached hydrogen (secondary N) is 1. The maximum atomic E-state index is 5.51. The molecule has 1 aromatic carbocycles. The molecule has 2 unspecified atom stereocenters.